The maximum Gasteiger partial charge on any atom is 0.254 e. The summed E-state index contributed by atoms with van der Waals surface area (Å²) >= 11 is 0. The lowest BCUT2D eigenvalue weighted by Crippen LogP contribution is -2.27. The number of nitrogens with one attached hydrogen (secondary N) is 1. The molecule has 0 spiro atoms. The van der Waals surface area contributed by atoms with Crippen molar-refractivity contribution in [2.45, 2.75) is 39.8 Å². The van der Waals surface area contributed by atoms with Crippen LogP contribution < -0.4 is 10.1 Å². The van der Waals surface area contributed by atoms with E-state index in [4.69, 9.17) is 4.74 Å². The highest BCUT2D eigenvalue weighted by atomic mass is 16.5. The van der Waals surface area contributed by atoms with Gasteiger partial charge in [-0.1, -0.05) is 19.1 Å². The molecule has 2 heterocycles. The number of benzene rings is 2. The van der Waals surface area contributed by atoms with Crippen molar-refractivity contribution in [2.75, 3.05) is 7.11 Å². The van der Waals surface area contributed by atoms with E-state index in [0.717, 1.165) is 46.6 Å². The van der Waals surface area contributed by atoms with Crippen molar-refractivity contribution in [3.8, 4) is 11.4 Å². The van der Waals surface area contributed by atoms with Gasteiger partial charge < -0.3 is 19.2 Å². The number of ether oxygens (including phenoxy) is 1. The second-order valence-corrected chi connectivity index (χ2v) is 7.75. The Morgan fingerprint density at radius 3 is 2.61 bits per heavy atom. The molecule has 0 aliphatic carbocycles. The highest BCUT2D eigenvalue weighted by Crippen LogP contribution is 2.30. The van der Waals surface area contributed by atoms with Gasteiger partial charge in [-0.3, -0.25) is 4.79 Å². The zero-order valence-electron chi connectivity index (χ0n) is 18.4. The normalized spacial score (nSPS) is 12.1. The molecule has 0 bridgehead atoms. The third-order valence-electron chi connectivity index (χ3n) is 5.75. The van der Waals surface area contributed by atoms with E-state index in [1.165, 1.54) is 0 Å². The van der Waals surface area contributed by atoms with Gasteiger partial charge in [0, 0.05) is 41.2 Å². The van der Waals surface area contributed by atoms with Crippen LogP contribution in [0.2, 0.25) is 0 Å². The van der Waals surface area contributed by atoms with Crippen molar-refractivity contribution in [2.24, 2.45) is 0 Å². The van der Waals surface area contributed by atoms with Crippen LogP contribution in [0.15, 0.2) is 61.2 Å². The molecule has 6 nitrogen and oxygen atoms in total. The summed E-state index contributed by atoms with van der Waals surface area (Å²) < 4.78 is 9.58. The molecule has 0 radical (unpaired) electrons. The van der Waals surface area contributed by atoms with Crippen LogP contribution in [0.1, 0.15) is 47.9 Å². The molecule has 0 saturated heterocycles. The largest absolute Gasteiger partial charge is 0.497 e. The fraction of sp³-hybridized carbons (Fsp3) is 0.280. The maximum atomic E-state index is 13.4. The number of carbonyl (C=O) groups is 1. The van der Waals surface area contributed by atoms with Crippen LogP contribution in [0.4, 0.5) is 0 Å². The van der Waals surface area contributed by atoms with E-state index in [-0.39, 0.29) is 11.9 Å². The Morgan fingerprint density at radius 2 is 1.97 bits per heavy atom. The smallest absolute Gasteiger partial charge is 0.254 e. The molecule has 2 aromatic carbocycles. The van der Waals surface area contributed by atoms with Crippen molar-refractivity contribution in [1.82, 2.24) is 19.4 Å². The number of methoxy groups -OCH3 is 1. The van der Waals surface area contributed by atoms with Gasteiger partial charge in [-0.2, -0.15) is 0 Å². The van der Waals surface area contributed by atoms with E-state index >= 15 is 0 Å². The number of aromatic nitrogens is 3. The second kappa shape index (κ2) is 8.68. The first-order valence-electron chi connectivity index (χ1n) is 10.6. The Hall–Kier alpha value is -3.54. The Kier molecular flexibility index (Phi) is 5.80. The molecule has 4 aromatic rings. The van der Waals surface area contributed by atoms with Crippen LogP contribution in [0.3, 0.4) is 0 Å². The first kappa shape index (κ1) is 20.7. The summed E-state index contributed by atoms with van der Waals surface area (Å²) in [4.78, 5) is 17.4. The highest BCUT2D eigenvalue weighted by Gasteiger charge is 2.22. The van der Waals surface area contributed by atoms with Gasteiger partial charge in [-0.05, 0) is 56.2 Å². The summed E-state index contributed by atoms with van der Waals surface area (Å²) in [5.74, 6) is 0.676. The molecule has 1 amide bonds. The zero-order valence-corrected chi connectivity index (χ0v) is 18.4. The molecular weight excluding hydrogens is 388 g/mol. The first-order valence-corrected chi connectivity index (χ1v) is 10.6. The average molecular weight is 417 g/mol. The summed E-state index contributed by atoms with van der Waals surface area (Å²) in [6.07, 6.45) is 6.42. The Balaban J connectivity index is 1.62. The molecule has 1 N–H and O–H groups in total. The fourth-order valence-electron chi connectivity index (χ4n) is 4.09. The number of amides is 1. The van der Waals surface area contributed by atoms with E-state index in [2.05, 4.69) is 21.8 Å². The lowest BCUT2D eigenvalue weighted by Gasteiger charge is -2.15. The zero-order chi connectivity index (χ0) is 22.0. The number of fused-ring (bicyclic) bond motifs is 1. The number of carbonyl (C=O) groups excluding carboxylic acids is 1. The predicted octanol–water partition coefficient (Wildman–Crippen LogP) is 5.05. The molecule has 31 heavy (non-hydrogen) atoms. The second-order valence-electron chi connectivity index (χ2n) is 7.75. The summed E-state index contributed by atoms with van der Waals surface area (Å²) in [5, 5.41) is 4.10. The van der Waals surface area contributed by atoms with E-state index in [9.17, 15) is 4.79 Å². The van der Waals surface area contributed by atoms with Crippen molar-refractivity contribution in [1.29, 1.82) is 0 Å². The summed E-state index contributed by atoms with van der Waals surface area (Å²) in [6, 6.07) is 13.9. The lowest BCUT2D eigenvalue weighted by atomic mass is 10.1. The van der Waals surface area contributed by atoms with Crippen LogP contribution in [0.5, 0.6) is 5.75 Å². The molecule has 1 unspecified atom stereocenters. The standard InChI is InChI=1S/C25H28N4O2/c1-5-13-29-18(3)24(22-15-21(31-4)10-11-23(22)29)25(30)27-17(2)19-6-8-20(9-7-19)28-14-12-26-16-28/h6-12,14-17H,5,13H2,1-4H3,(H,27,30). The number of aryl methyl sites for hydroxylation is 1. The summed E-state index contributed by atoms with van der Waals surface area (Å²) in [6.45, 7) is 7.03. The molecule has 1 atom stereocenters. The number of rotatable bonds is 7. The number of nitrogens with zero attached hydrogens (tertiary/aromatic N) is 3. The molecule has 0 fully saturated rings. The van der Waals surface area contributed by atoms with Gasteiger partial charge in [0.05, 0.1) is 25.0 Å². The monoisotopic (exact) mass is 416 g/mol. The summed E-state index contributed by atoms with van der Waals surface area (Å²) in [5.41, 5.74) is 4.83. The number of hydrogen-bond donors (Lipinski definition) is 1. The molecule has 160 valence electrons. The molecule has 0 aliphatic heterocycles. The fourth-order valence-corrected chi connectivity index (χ4v) is 4.09. The van der Waals surface area contributed by atoms with Gasteiger partial charge in [-0.25, -0.2) is 4.98 Å². The predicted molar refractivity (Wildman–Crippen MR) is 123 cm³/mol. The number of imidazole rings is 1. The van der Waals surface area contributed by atoms with Crippen LogP contribution in [-0.4, -0.2) is 27.1 Å². The summed E-state index contributed by atoms with van der Waals surface area (Å²) in [7, 11) is 1.65. The van der Waals surface area contributed by atoms with Crippen LogP contribution in [0.25, 0.3) is 16.6 Å². The minimum absolute atomic E-state index is 0.0724. The van der Waals surface area contributed by atoms with Gasteiger partial charge in [-0.15, -0.1) is 0 Å². The SMILES string of the molecule is CCCn1c(C)c(C(=O)NC(C)c2ccc(-n3ccnc3)cc2)c2cc(OC)ccc21. The van der Waals surface area contributed by atoms with E-state index in [1.807, 2.05) is 67.1 Å². The molecule has 6 heteroatoms. The van der Waals surface area contributed by atoms with Crippen molar-refractivity contribution in [3.63, 3.8) is 0 Å². The molecule has 0 aliphatic rings. The third-order valence-corrected chi connectivity index (χ3v) is 5.75. The molecule has 4 rings (SSSR count). The molecule has 2 aromatic heterocycles. The highest BCUT2D eigenvalue weighted by molar-refractivity contribution is 6.09. The molecule has 0 saturated carbocycles. The lowest BCUT2D eigenvalue weighted by molar-refractivity contribution is 0.0940. The number of hydrogen-bond acceptors (Lipinski definition) is 3. The Labute approximate surface area is 182 Å². The van der Waals surface area contributed by atoms with Crippen LogP contribution in [0, 0.1) is 6.92 Å². The van der Waals surface area contributed by atoms with E-state index in [1.54, 1.807) is 19.6 Å². The quantitative estimate of drug-likeness (QED) is 0.459. The topological polar surface area (TPSA) is 61.1 Å². The first-order chi connectivity index (χ1) is 15.0. The van der Waals surface area contributed by atoms with Gasteiger partial charge >= 0.3 is 0 Å². The van der Waals surface area contributed by atoms with E-state index in [0.29, 0.717) is 5.56 Å². The van der Waals surface area contributed by atoms with Gasteiger partial charge in [0.2, 0.25) is 0 Å². The van der Waals surface area contributed by atoms with Gasteiger partial charge in [0.15, 0.2) is 0 Å². The Bertz CT molecular complexity index is 1190. The van der Waals surface area contributed by atoms with Crippen molar-refractivity contribution < 1.29 is 9.53 Å². The minimum Gasteiger partial charge on any atom is -0.497 e. The van der Waals surface area contributed by atoms with Crippen LogP contribution in [-0.2, 0) is 6.54 Å². The molecular formula is C25H28N4O2. The average Bonchev–Trinajstić information content (AvgIpc) is 3.41. The third kappa shape index (κ3) is 3.93. The minimum atomic E-state index is -0.126. The maximum absolute atomic E-state index is 13.4. The van der Waals surface area contributed by atoms with Gasteiger partial charge in [0.25, 0.3) is 5.91 Å². The van der Waals surface area contributed by atoms with Gasteiger partial charge in [0.1, 0.15) is 5.75 Å². The van der Waals surface area contributed by atoms with E-state index < -0.39 is 0 Å². The van der Waals surface area contributed by atoms with Crippen molar-refractivity contribution >= 4 is 16.8 Å². The Morgan fingerprint density at radius 1 is 1.19 bits per heavy atom. The van der Waals surface area contributed by atoms with Crippen molar-refractivity contribution in [3.05, 3.63) is 78.0 Å². The van der Waals surface area contributed by atoms with Crippen LogP contribution >= 0.6 is 0 Å².